The quantitative estimate of drug-likeness (QED) is 0.837. The summed E-state index contributed by atoms with van der Waals surface area (Å²) in [6, 6.07) is 7.71. The van der Waals surface area contributed by atoms with Crippen molar-refractivity contribution in [2.45, 2.75) is 13.3 Å². The number of amides is 2. The molecule has 1 fully saturated rings. The van der Waals surface area contributed by atoms with Gasteiger partial charge in [0.2, 0.25) is 6.41 Å². The van der Waals surface area contributed by atoms with Gasteiger partial charge in [-0.25, -0.2) is 9.97 Å². The van der Waals surface area contributed by atoms with Crippen molar-refractivity contribution in [2.75, 3.05) is 36.4 Å². The molecule has 1 aliphatic rings. The van der Waals surface area contributed by atoms with Crippen molar-refractivity contribution in [1.29, 1.82) is 0 Å². The number of hydrogen-bond acceptors (Lipinski definition) is 5. The van der Waals surface area contributed by atoms with E-state index in [0.29, 0.717) is 26.2 Å². The summed E-state index contributed by atoms with van der Waals surface area (Å²) in [5.41, 5.74) is 2.15. The Labute approximate surface area is 146 Å². The van der Waals surface area contributed by atoms with E-state index in [-0.39, 0.29) is 11.6 Å². The van der Waals surface area contributed by atoms with E-state index in [1.807, 2.05) is 31.2 Å². The summed E-state index contributed by atoms with van der Waals surface area (Å²) in [6.45, 7) is 4.80. The van der Waals surface area contributed by atoms with Crippen LogP contribution in [0.4, 0.5) is 11.5 Å². The number of piperazine rings is 1. The fourth-order valence-corrected chi connectivity index (χ4v) is 2.80. The molecule has 130 valence electrons. The molecule has 0 atom stereocenters. The van der Waals surface area contributed by atoms with E-state index in [4.69, 9.17) is 0 Å². The van der Waals surface area contributed by atoms with E-state index < -0.39 is 0 Å². The fourth-order valence-electron chi connectivity index (χ4n) is 2.80. The number of anilines is 2. The molecule has 3 rings (SSSR count). The first-order valence-electron chi connectivity index (χ1n) is 8.37. The molecule has 7 nitrogen and oxygen atoms in total. The van der Waals surface area contributed by atoms with E-state index in [9.17, 15) is 9.59 Å². The zero-order chi connectivity index (χ0) is 17.6. The number of nitrogens with zero attached hydrogens (tertiary/aromatic N) is 4. The third-order valence-electron chi connectivity index (χ3n) is 4.30. The summed E-state index contributed by atoms with van der Waals surface area (Å²) in [4.78, 5) is 35.5. The smallest absolute Gasteiger partial charge is 0.275 e. The van der Waals surface area contributed by atoms with Gasteiger partial charge < -0.3 is 15.1 Å². The van der Waals surface area contributed by atoms with Gasteiger partial charge >= 0.3 is 0 Å². The molecule has 1 aromatic heterocycles. The van der Waals surface area contributed by atoms with Crippen LogP contribution in [0, 0.1) is 0 Å². The van der Waals surface area contributed by atoms with Crippen LogP contribution in [0.1, 0.15) is 23.0 Å². The molecule has 0 aliphatic carbocycles. The minimum Gasteiger partial charge on any atom is -0.352 e. The van der Waals surface area contributed by atoms with Gasteiger partial charge in [-0.05, 0) is 18.1 Å². The maximum absolute atomic E-state index is 12.4. The molecule has 1 N–H and O–H groups in total. The van der Waals surface area contributed by atoms with Crippen molar-refractivity contribution >= 4 is 23.8 Å². The predicted molar refractivity (Wildman–Crippen MR) is 95.7 cm³/mol. The Balaban J connectivity index is 1.66. The summed E-state index contributed by atoms with van der Waals surface area (Å²) in [7, 11) is 0. The number of aromatic nitrogens is 2. The van der Waals surface area contributed by atoms with Crippen molar-refractivity contribution in [3.63, 3.8) is 0 Å². The molecule has 0 saturated carbocycles. The number of carbonyl (C=O) groups excluding carboxylic acids is 2. The van der Waals surface area contributed by atoms with Gasteiger partial charge in [-0.2, -0.15) is 0 Å². The fraction of sp³-hybridized carbons (Fsp3) is 0.333. The number of aryl methyl sites for hydroxylation is 1. The standard InChI is InChI=1S/C18H21N5O2/c1-2-14-5-3-4-6-15(14)21-18(25)16-11-20-17(12-19-16)23-9-7-22(13-24)8-10-23/h3-6,11-13H,2,7-10H2,1H3,(H,21,25). The zero-order valence-electron chi connectivity index (χ0n) is 14.2. The Bertz CT molecular complexity index is 739. The Kier molecular flexibility index (Phi) is 5.23. The molecule has 1 aromatic carbocycles. The van der Waals surface area contributed by atoms with Gasteiger partial charge in [-0.1, -0.05) is 25.1 Å². The lowest BCUT2D eigenvalue weighted by Crippen LogP contribution is -2.46. The molecule has 0 radical (unpaired) electrons. The normalized spacial score (nSPS) is 14.3. The van der Waals surface area contributed by atoms with E-state index in [0.717, 1.165) is 29.9 Å². The third kappa shape index (κ3) is 3.93. The van der Waals surface area contributed by atoms with Crippen LogP contribution in [0.25, 0.3) is 0 Å². The number of para-hydroxylation sites is 1. The lowest BCUT2D eigenvalue weighted by molar-refractivity contribution is -0.118. The van der Waals surface area contributed by atoms with E-state index in [1.54, 1.807) is 11.1 Å². The summed E-state index contributed by atoms with van der Waals surface area (Å²) >= 11 is 0. The van der Waals surface area contributed by atoms with Gasteiger partial charge in [0, 0.05) is 31.9 Å². The average Bonchev–Trinajstić information content (AvgIpc) is 2.68. The van der Waals surface area contributed by atoms with Crippen molar-refractivity contribution < 1.29 is 9.59 Å². The van der Waals surface area contributed by atoms with Crippen LogP contribution in [0.2, 0.25) is 0 Å². The molecule has 2 amide bonds. The highest BCUT2D eigenvalue weighted by Gasteiger charge is 2.18. The van der Waals surface area contributed by atoms with Gasteiger partial charge in [0.15, 0.2) is 0 Å². The van der Waals surface area contributed by atoms with Crippen LogP contribution in [0.15, 0.2) is 36.7 Å². The molecule has 25 heavy (non-hydrogen) atoms. The molecule has 1 saturated heterocycles. The summed E-state index contributed by atoms with van der Waals surface area (Å²) in [5.74, 6) is 0.446. The van der Waals surface area contributed by atoms with Crippen LogP contribution in [0.3, 0.4) is 0 Å². The monoisotopic (exact) mass is 339 g/mol. The van der Waals surface area contributed by atoms with Gasteiger partial charge in [0.25, 0.3) is 5.91 Å². The van der Waals surface area contributed by atoms with Crippen LogP contribution < -0.4 is 10.2 Å². The SMILES string of the molecule is CCc1ccccc1NC(=O)c1cnc(N2CCN(C=O)CC2)cn1. The maximum atomic E-state index is 12.4. The van der Waals surface area contributed by atoms with E-state index >= 15 is 0 Å². The first-order chi connectivity index (χ1) is 12.2. The molecule has 0 unspecified atom stereocenters. The second-order valence-corrected chi connectivity index (χ2v) is 5.85. The number of hydrogen-bond donors (Lipinski definition) is 1. The third-order valence-corrected chi connectivity index (χ3v) is 4.30. The van der Waals surface area contributed by atoms with Crippen LogP contribution in [-0.2, 0) is 11.2 Å². The van der Waals surface area contributed by atoms with Crippen molar-refractivity contribution in [2.24, 2.45) is 0 Å². The van der Waals surface area contributed by atoms with Crippen LogP contribution in [0.5, 0.6) is 0 Å². The Morgan fingerprint density at radius 2 is 1.92 bits per heavy atom. The molecule has 2 heterocycles. The number of benzene rings is 1. The number of rotatable bonds is 5. The van der Waals surface area contributed by atoms with Crippen molar-refractivity contribution in [3.05, 3.63) is 47.9 Å². The second-order valence-electron chi connectivity index (χ2n) is 5.85. The number of nitrogens with one attached hydrogen (secondary N) is 1. The molecule has 2 aromatic rings. The highest BCUT2D eigenvalue weighted by atomic mass is 16.2. The zero-order valence-corrected chi connectivity index (χ0v) is 14.2. The topological polar surface area (TPSA) is 78.4 Å². The van der Waals surface area contributed by atoms with Crippen molar-refractivity contribution in [1.82, 2.24) is 14.9 Å². The molecule has 0 bridgehead atoms. The van der Waals surface area contributed by atoms with Crippen LogP contribution in [-0.4, -0.2) is 53.4 Å². The largest absolute Gasteiger partial charge is 0.352 e. The van der Waals surface area contributed by atoms with Gasteiger partial charge in [0.05, 0.1) is 12.4 Å². The predicted octanol–water partition coefficient (Wildman–Crippen LogP) is 1.57. The highest BCUT2D eigenvalue weighted by molar-refractivity contribution is 6.03. The van der Waals surface area contributed by atoms with Crippen LogP contribution >= 0.6 is 0 Å². The Hall–Kier alpha value is -2.96. The summed E-state index contributed by atoms with van der Waals surface area (Å²) in [5, 5.41) is 2.89. The lowest BCUT2D eigenvalue weighted by Gasteiger charge is -2.33. The summed E-state index contributed by atoms with van der Waals surface area (Å²) in [6.07, 6.45) is 4.81. The molecule has 7 heteroatoms. The van der Waals surface area contributed by atoms with Gasteiger partial charge in [-0.3, -0.25) is 9.59 Å². The summed E-state index contributed by atoms with van der Waals surface area (Å²) < 4.78 is 0. The molecule has 1 aliphatic heterocycles. The van der Waals surface area contributed by atoms with E-state index in [1.165, 1.54) is 6.20 Å². The first kappa shape index (κ1) is 16.9. The highest BCUT2D eigenvalue weighted by Crippen LogP contribution is 2.17. The van der Waals surface area contributed by atoms with E-state index in [2.05, 4.69) is 20.2 Å². The average molecular weight is 339 g/mol. The second kappa shape index (κ2) is 7.74. The minimum atomic E-state index is -0.272. The maximum Gasteiger partial charge on any atom is 0.275 e. The molecule has 0 spiro atoms. The minimum absolute atomic E-state index is 0.272. The Morgan fingerprint density at radius 3 is 2.56 bits per heavy atom. The molecular formula is C18H21N5O2. The Morgan fingerprint density at radius 1 is 1.16 bits per heavy atom. The van der Waals surface area contributed by atoms with Gasteiger partial charge in [0.1, 0.15) is 11.5 Å². The lowest BCUT2D eigenvalue weighted by atomic mass is 10.1. The van der Waals surface area contributed by atoms with Crippen molar-refractivity contribution in [3.8, 4) is 0 Å². The van der Waals surface area contributed by atoms with Gasteiger partial charge in [-0.15, -0.1) is 0 Å². The number of carbonyl (C=O) groups is 2. The first-order valence-corrected chi connectivity index (χ1v) is 8.37. The molecular weight excluding hydrogens is 318 g/mol.